The third-order valence-electron chi connectivity index (χ3n) is 2.53. The zero-order valence-corrected chi connectivity index (χ0v) is 11.7. The molecule has 0 aliphatic heterocycles. The van der Waals surface area contributed by atoms with Crippen molar-refractivity contribution in [2.45, 2.75) is 0 Å². The van der Waals surface area contributed by atoms with Crippen molar-refractivity contribution >= 4 is 24.4 Å². The van der Waals surface area contributed by atoms with Crippen molar-refractivity contribution in [3.63, 3.8) is 0 Å². The molecule has 0 spiro atoms. The summed E-state index contributed by atoms with van der Waals surface area (Å²) in [6, 6.07) is 11.6. The van der Waals surface area contributed by atoms with Gasteiger partial charge in [0.15, 0.2) is 5.69 Å². The summed E-state index contributed by atoms with van der Waals surface area (Å²) < 4.78 is 10.2. The molecule has 112 valence electrons. The summed E-state index contributed by atoms with van der Waals surface area (Å²) in [5, 5.41) is 2.32. The second kappa shape index (κ2) is 7.53. The monoisotopic (exact) mass is 299 g/mol. The van der Waals surface area contributed by atoms with E-state index in [9.17, 15) is 9.59 Å². The Morgan fingerprint density at radius 1 is 1.23 bits per heavy atom. The first-order valence-corrected chi connectivity index (χ1v) is 6.28. The van der Waals surface area contributed by atoms with Crippen LogP contribution in [0.4, 0.5) is 5.69 Å². The van der Waals surface area contributed by atoms with E-state index < -0.39 is 5.97 Å². The van der Waals surface area contributed by atoms with E-state index in [0.29, 0.717) is 17.8 Å². The second-order valence-electron chi connectivity index (χ2n) is 3.99. The lowest BCUT2D eigenvalue weighted by Crippen LogP contribution is -2.05. The van der Waals surface area contributed by atoms with E-state index in [1.807, 2.05) is 0 Å². The number of nitrogens with zero attached hydrogens (tertiary/aromatic N) is 2. The summed E-state index contributed by atoms with van der Waals surface area (Å²) in [4.78, 5) is 29.5. The fraction of sp³-hybridized carbons (Fsp3) is 0.0667. The molecule has 1 amide bonds. The summed E-state index contributed by atoms with van der Waals surface area (Å²) in [6.07, 6.45) is 1.81. The summed E-state index contributed by atoms with van der Waals surface area (Å²) in [7, 11) is 1.29. The first-order valence-electron chi connectivity index (χ1n) is 6.28. The highest BCUT2D eigenvalue weighted by Crippen LogP contribution is 2.22. The average molecular weight is 299 g/mol. The minimum atomic E-state index is -0.530. The molecule has 1 N–H and O–H groups in total. The number of esters is 1. The van der Waals surface area contributed by atoms with Crippen LogP contribution in [0.15, 0.2) is 47.5 Å². The van der Waals surface area contributed by atoms with Gasteiger partial charge >= 0.3 is 5.97 Å². The molecule has 0 fully saturated rings. The summed E-state index contributed by atoms with van der Waals surface area (Å²) >= 11 is 0. The van der Waals surface area contributed by atoms with Crippen LogP contribution < -0.4 is 10.1 Å². The molecule has 0 aliphatic rings. The maximum atomic E-state index is 11.4. The SMILES string of the molecule is COC(=O)c1cccc(Oc2ccc(N=CNC=O)cc2)n1. The molecular formula is C15H13N3O4. The van der Waals surface area contributed by atoms with Gasteiger partial charge in [0.1, 0.15) is 5.75 Å². The van der Waals surface area contributed by atoms with Crippen molar-refractivity contribution in [2.24, 2.45) is 4.99 Å². The van der Waals surface area contributed by atoms with Gasteiger partial charge in [-0.3, -0.25) is 4.79 Å². The smallest absolute Gasteiger partial charge is 0.356 e. The largest absolute Gasteiger partial charge is 0.464 e. The van der Waals surface area contributed by atoms with Crippen molar-refractivity contribution in [3.05, 3.63) is 48.2 Å². The van der Waals surface area contributed by atoms with Crippen molar-refractivity contribution in [1.82, 2.24) is 10.3 Å². The quantitative estimate of drug-likeness (QED) is 0.381. The van der Waals surface area contributed by atoms with Gasteiger partial charge in [-0.1, -0.05) is 6.07 Å². The van der Waals surface area contributed by atoms with E-state index in [0.717, 1.165) is 0 Å². The van der Waals surface area contributed by atoms with Crippen LogP contribution in [0.25, 0.3) is 0 Å². The number of aliphatic imine (C=N–C) groups is 1. The highest BCUT2D eigenvalue weighted by atomic mass is 16.5. The van der Waals surface area contributed by atoms with Gasteiger partial charge in [0.25, 0.3) is 0 Å². The number of hydrogen-bond acceptors (Lipinski definition) is 6. The summed E-state index contributed by atoms with van der Waals surface area (Å²) in [5.74, 6) is 0.288. The molecule has 22 heavy (non-hydrogen) atoms. The van der Waals surface area contributed by atoms with Crippen LogP contribution in [0.5, 0.6) is 11.6 Å². The van der Waals surface area contributed by atoms with Crippen LogP contribution in [0, 0.1) is 0 Å². The van der Waals surface area contributed by atoms with Gasteiger partial charge in [-0.05, 0) is 30.3 Å². The molecule has 0 aliphatic carbocycles. The van der Waals surface area contributed by atoms with Crippen LogP contribution in [0.3, 0.4) is 0 Å². The molecule has 0 radical (unpaired) electrons. The van der Waals surface area contributed by atoms with E-state index in [2.05, 4.69) is 20.0 Å². The normalized spacial score (nSPS) is 10.2. The molecule has 1 aromatic heterocycles. The highest BCUT2D eigenvalue weighted by molar-refractivity contribution is 5.87. The minimum absolute atomic E-state index is 0.168. The fourth-order valence-electron chi connectivity index (χ4n) is 1.55. The second-order valence-corrected chi connectivity index (χ2v) is 3.99. The Kier molecular flexibility index (Phi) is 5.20. The number of carbonyl (C=O) groups excluding carboxylic acids is 2. The van der Waals surface area contributed by atoms with E-state index >= 15 is 0 Å². The Morgan fingerprint density at radius 3 is 2.68 bits per heavy atom. The lowest BCUT2D eigenvalue weighted by atomic mass is 10.3. The predicted octanol–water partition coefficient (Wildman–Crippen LogP) is 2.07. The lowest BCUT2D eigenvalue weighted by molar-refractivity contribution is -0.108. The molecular weight excluding hydrogens is 286 g/mol. The van der Waals surface area contributed by atoms with E-state index in [-0.39, 0.29) is 11.6 Å². The first kappa shape index (κ1) is 15.2. The number of aromatic nitrogens is 1. The molecule has 2 aromatic rings. The van der Waals surface area contributed by atoms with E-state index in [1.165, 1.54) is 19.5 Å². The van der Waals surface area contributed by atoms with Gasteiger partial charge in [-0.25, -0.2) is 14.8 Å². The number of nitrogens with one attached hydrogen (secondary N) is 1. The molecule has 0 unspecified atom stereocenters. The van der Waals surface area contributed by atoms with Gasteiger partial charge in [-0.15, -0.1) is 0 Å². The number of hydrogen-bond donors (Lipinski definition) is 1. The standard InChI is InChI=1S/C15H13N3O4/c1-21-15(20)13-3-2-4-14(18-13)22-12-7-5-11(6-8-12)17-9-16-10-19/h2-10H,1H3,(H,16,17,19). The highest BCUT2D eigenvalue weighted by Gasteiger charge is 2.08. The molecule has 0 saturated heterocycles. The number of carbonyl (C=O) groups is 2. The molecule has 1 heterocycles. The predicted molar refractivity (Wildman–Crippen MR) is 79.4 cm³/mol. The Balaban J connectivity index is 2.07. The molecule has 0 bridgehead atoms. The molecule has 1 aromatic carbocycles. The first-order chi connectivity index (χ1) is 10.7. The zero-order valence-electron chi connectivity index (χ0n) is 11.7. The van der Waals surface area contributed by atoms with Crippen molar-refractivity contribution < 1.29 is 19.1 Å². The maximum Gasteiger partial charge on any atom is 0.356 e. The third kappa shape index (κ3) is 4.14. The molecule has 0 atom stereocenters. The van der Waals surface area contributed by atoms with Crippen molar-refractivity contribution in [2.75, 3.05) is 7.11 Å². The zero-order chi connectivity index (χ0) is 15.8. The summed E-state index contributed by atoms with van der Waals surface area (Å²) in [5.41, 5.74) is 0.819. The lowest BCUT2D eigenvalue weighted by Gasteiger charge is -2.06. The van der Waals surface area contributed by atoms with E-state index in [1.54, 1.807) is 36.4 Å². The Bertz CT molecular complexity index is 683. The topological polar surface area (TPSA) is 89.9 Å². The van der Waals surface area contributed by atoms with Gasteiger partial charge in [0.05, 0.1) is 19.1 Å². The van der Waals surface area contributed by atoms with Crippen molar-refractivity contribution in [3.8, 4) is 11.6 Å². The van der Waals surface area contributed by atoms with Crippen molar-refractivity contribution in [1.29, 1.82) is 0 Å². The maximum absolute atomic E-state index is 11.4. The van der Waals surface area contributed by atoms with Gasteiger partial charge < -0.3 is 14.8 Å². The van der Waals surface area contributed by atoms with Crippen LogP contribution in [-0.2, 0) is 9.53 Å². The minimum Gasteiger partial charge on any atom is -0.464 e. The van der Waals surface area contributed by atoms with Gasteiger partial charge in [0.2, 0.25) is 12.3 Å². The number of pyridine rings is 1. The third-order valence-corrected chi connectivity index (χ3v) is 2.53. The number of amides is 1. The molecule has 7 nitrogen and oxygen atoms in total. The van der Waals surface area contributed by atoms with Crippen LogP contribution >= 0.6 is 0 Å². The Hall–Kier alpha value is -3.22. The van der Waals surface area contributed by atoms with E-state index in [4.69, 9.17) is 4.74 Å². The molecule has 7 heteroatoms. The number of benzene rings is 1. The van der Waals surface area contributed by atoms with Gasteiger partial charge in [0, 0.05) is 6.07 Å². The number of ether oxygens (including phenoxy) is 2. The van der Waals surface area contributed by atoms with Crippen LogP contribution in [0.1, 0.15) is 10.5 Å². The average Bonchev–Trinajstić information content (AvgIpc) is 2.56. The van der Waals surface area contributed by atoms with Gasteiger partial charge in [-0.2, -0.15) is 0 Å². The summed E-state index contributed by atoms with van der Waals surface area (Å²) in [6.45, 7) is 0. The molecule has 2 rings (SSSR count). The molecule has 0 saturated carbocycles. The van der Waals surface area contributed by atoms with Crippen LogP contribution in [-0.4, -0.2) is 30.8 Å². The Labute approximate surface area is 126 Å². The van der Waals surface area contributed by atoms with Crippen LogP contribution in [0.2, 0.25) is 0 Å². The number of methoxy groups -OCH3 is 1. The fourth-order valence-corrected chi connectivity index (χ4v) is 1.55. The number of rotatable bonds is 6. The Morgan fingerprint density at radius 2 is 2.00 bits per heavy atom.